The highest BCUT2D eigenvalue weighted by molar-refractivity contribution is 8.01. The zero-order chi connectivity index (χ0) is 18.3. The SMILES string of the molecule is Cc1ccc(C2OC(NC(=O)C3Nc4ccccc4S3)NN2C)c(C)c1. The molecule has 0 aliphatic carbocycles. The van der Waals surface area contributed by atoms with Crippen molar-refractivity contribution in [3.63, 3.8) is 0 Å². The summed E-state index contributed by atoms with van der Waals surface area (Å²) in [5, 5.41) is 7.67. The number of nitrogens with zero attached hydrogens (tertiary/aromatic N) is 1. The molecule has 2 aromatic carbocycles. The normalized spacial score (nSPS) is 25.0. The maximum absolute atomic E-state index is 12.6. The zero-order valence-electron chi connectivity index (χ0n) is 14.9. The third-order valence-corrected chi connectivity index (χ3v) is 5.74. The maximum Gasteiger partial charge on any atom is 0.256 e. The van der Waals surface area contributed by atoms with Crippen molar-refractivity contribution in [1.29, 1.82) is 0 Å². The van der Waals surface area contributed by atoms with Gasteiger partial charge in [0.2, 0.25) is 6.35 Å². The van der Waals surface area contributed by atoms with Gasteiger partial charge in [-0.25, -0.2) is 10.4 Å². The van der Waals surface area contributed by atoms with Gasteiger partial charge >= 0.3 is 0 Å². The Balaban J connectivity index is 1.40. The van der Waals surface area contributed by atoms with Crippen molar-refractivity contribution in [2.24, 2.45) is 0 Å². The molecule has 2 aromatic rings. The Labute approximate surface area is 157 Å². The van der Waals surface area contributed by atoms with E-state index in [1.165, 1.54) is 22.9 Å². The summed E-state index contributed by atoms with van der Waals surface area (Å²) in [6.45, 7) is 4.14. The van der Waals surface area contributed by atoms with Crippen LogP contribution in [-0.2, 0) is 9.53 Å². The molecule has 2 aliphatic heterocycles. The number of hydrazine groups is 1. The second-order valence-corrected chi connectivity index (χ2v) is 7.76. The molecule has 4 rings (SSSR count). The van der Waals surface area contributed by atoms with E-state index in [0.717, 1.165) is 16.1 Å². The van der Waals surface area contributed by atoms with Gasteiger partial charge < -0.3 is 15.4 Å². The molecule has 1 fully saturated rings. The predicted molar refractivity (Wildman–Crippen MR) is 102 cm³/mol. The van der Waals surface area contributed by atoms with Crippen LogP contribution in [0.15, 0.2) is 47.4 Å². The van der Waals surface area contributed by atoms with E-state index in [1.807, 2.05) is 36.3 Å². The Morgan fingerprint density at radius 3 is 2.81 bits per heavy atom. The van der Waals surface area contributed by atoms with E-state index in [0.29, 0.717) is 0 Å². The van der Waals surface area contributed by atoms with E-state index < -0.39 is 6.35 Å². The van der Waals surface area contributed by atoms with Crippen molar-refractivity contribution in [2.75, 3.05) is 12.4 Å². The molecule has 1 amide bonds. The number of rotatable bonds is 3. The number of hydrogen-bond donors (Lipinski definition) is 3. The first-order valence-corrected chi connectivity index (χ1v) is 9.43. The lowest BCUT2D eigenvalue weighted by molar-refractivity contribution is -0.124. The monoisotopic (exact) mass is 370 g/mol. The van der Waals surface area contributed by atoms with E-state index in [2.05, 4.69) is 48.1 Å². The number of benzene rings is 2. The van der Waals surface area contributed by atoms with Crippen LogP contribution in [0.25, 0.3) is 0 Å². The Kier molecular flexibility index (Phi) is 4.62. The molecule has 3 atom stereocenters. The van der Waals surface area contributed by atoms with E-state index in [-0.39, 0.29) is 17.5 Å². The lowest BCUT2D eigenvalue weighted by atomic mass is 10.0. The fourth-order valence-electron chi connectivity index (χ4n) is 3.26. The molecule has 2 aliphatic rings. The summed E-state index contributed by atoms with van der Waals surface area (Å²) in [4.78, 5) is 13.7. The standard InChI is InChI=1S/C19H22N4O2S/c1-11-8-9-13(12(2)10-11)18-23(3)22-19(25-18)21-16(24)17-20-14-6-4-5-7-15(14)26-17/h4-10,17-20,22H,1-3H3,(H,21,24). The van der Waals surface area contributed by atoms with Crippen LogP contribution in [0.1, 0.15) is 22.9 Å². The van der Waals surface area contributed by atoms with Crippen LogP contribution in [0.5, 0.6) is 0 Å². The van der Waals surface area contributed by atoms with Gasteiger partial charge in [-0.05, 0) is 37.1 Å². The largest absolute Gasteiger partial charge is 0.364 e. The van der Waals surface area contributed by atoms with Crippen molar-refractivity contribution in [1.82, 2.24) is 15.8 Å². The topological polar surface area (TPSA) is 65.6 Å². The summed E-state index contributed by atoms with van der Waals surface area (Å²) < 4.78 is 6.03. The van der Waals surface area contributed by atoms with E-state index >= 15 is 0 Å². The number of hydrogen-bond acceptors (Lipinski definition) is 6. The second-order valence-electron chi connectivity index (χ2n) is 6.62. The van der Waals surface area contributed by atoms with Gasteiger partial charge in [-0.2, -0.15) is 0 Å². The number of nitrogens with one attached hydrogen (secondary N) is 3. The molecule has 26 heavy (non-hydrogen) atoms. The Morgan fingerprint density at radius 1 is 1.23 bits per heavy atom. The van der Waals surface area contributed by atoms with Gasteiger partial charge in [0, 0.05) is 17.6 Å². The van der Waals surface area contributed by atoms with Gasteiger partial charge in [0.1, 0.15) is 0 Å². The smallest absolute Gasteiger partial charge is 0.256 e. The summed E-state index contributed by atoms with van der Waals surface area (Å²) in [5.41, 5.74) is 7.62. The first-order chi connectivity index (χ1) is 12.5. The van der Waals surface area contributed by atoms with Crippen LogP contribution in [0.2, 0.25) is 0 Å². The molecule has 3 N–H and O–H groups in total. The number of aryl methyl sites for hydroxylation is 2. The summed E-state index contributed by atoms with van der Waals surface area (Å²) in [7, 11) is 1.91. The van der Waals surface area contributed by atoms with Crippen LogP contribution in [0, 0.1) is 13.8 Å². The van der Waals surface area contributed by atoms with Crippen LogP contribution >= 0.6 is 11.8 Å². The van der Waals surface area contributed by atoms with E-state index in [4.69, 9.17) is 4.74 Å². The molecule has 136 valence electrons. The first-order valence-electron chi connectivity index (χ1n) is 8.55. The summed E-state index contributed by atoms with van der Waals surface area (Å²) in [6.07, 6.45) is -0.813. The van der Waals surface area contributed by atoms with E-state index in [9.17, 15) is 4.79 Å². The Hall–Kier alpha value is -2.06. The molecule has 3 unspecified atom stereocenters. The van der Waals surface area contributed by atoms with Gasteiger partial charge in [0.25, 0.3) is 5.91 Å². The number of carbonyl (C=O) groups excluding carboxylic acids is 1. The minimum Gasteiger partial charge on any atom is -0.364 e. The minimum atomic E-state index is -0.565. The summed E-state index contributed by atoms with van der Waals surface area (Å²) in [5.74, 6) is -0.113. The molecule has 0 aromatic heterocycles. The summed E-state index contributed by atoms with van der Waals surface area (Å²) in [6, 6.07) is 14.2. The maximum atomic E-state index is 12.6. The average Bonchev–Trinajstić information content (AvgIpc) is 3.18. The van der Waals surface area contributed by atoms with Gasteiger partial charge in [-0.1, -0.05) is 47.7 Å². The molecule has 0 radical (unpaired) electrons. The highest BCUT2D eigenvalue weighted by Gasteiger charge is 2.35. The van der Waals surface area contributed by atoms with Crippen molar-refractivity contribution in [3.05, 3.63) is 59.2 Å². The minimum absolute atomic E-state index is 0.113. The quantitative estimate of drug-likeness (QED) is 0.772. The van der Waals surface area contributed by atoms with Crippen LogP contribution in [0.3, 0.4) is 0 Å². The number of carbonyl (C=O) groups is 1. The highest BCUT2D eigenvalue weighted by atomic mass is 32.2. The van der Waals surface area contributed by atoms with Gasteiger partial charge in [0.15, 0.2) is 11.6 Å². The first kappa shape index (κ1) is 17.4. The Morgan fingerprint density at radius 2 is 2.04 bits per heavy atom. The number of amides is 1. The highest BCUT2D eigenvalue weighted by Crippen LogP contribution is 2.38. The average molecular weight is 370 g/mol. The fourth-order valence-corrected chi connectivity index (χ4v) is 4.29. The number of para-hydroxylation sites is 1. The molecule has 6 nitrogen and oxygen atoms in total. The number of fused-ring (bicyclic) bond motifs is 1. The molecule has 1 saturated heterocycles. The second kappa shape index (κ2) is 6.92. The van der Waals surface area contributed by atoms with Gasteiger partial charge in [-0.15, -0.1) is 0 Å². The van der Waals surface area contributed by atoms with Crippen LogP contribution in [-0.4, -0.2) is 29.7 Å². The lowest BCUT2D eigenvalue weighted by Crippen LogP contribution is -2.49. The molecular formula is C19H22N4O2S. The third kappa shape index (κ3) is 3.31. The molecule has 7 heteroatoms. The predicted octanol–water partition coefficient (Wildman–Crippen LogP) is 2.71. The van der Waals surface area contributed by atoms with Gasteiger partial charge in [0.05, 0.1) is 0 Å². The third-order valence-electron chi connectivity index (χ3n) is 4.56. The molecule has 0 saturated carbocycles. The number of anilines is 1. The van der Waals surface area contributed by atoms with Crippen LogP contribution < -0.4 is 16.1 Å². The summed E-state index contributed by atoms with van der Waals surface area (Å²) >= 11 is 1.51. The van der Waals surface area contributed by atoms with Crippen molar-refractivity contribution < 1.29 is 9.53 Å². The molecule has 2 heterocycles. The Bertz CT molecular complexity index is 819. The van der Waals surface area contributed by atoms with Crippen molar-refractivity contribution in [2.45, 2.75) is 36.7 Å². The fraction of sp³-hybridized carbons (Fsp3) is 0.316. The zero-order valence-corrected chi connectivity index (χ0v) is 15.8. The van der Waals surface area contributed by atoms with Crippen molar-refractivity contribution >= 4 is 23.4 Å². The van der Waals surface area contributed by atoms with Crippen LogP contribution in [0.4, 0.5) is 5.69 Å². The molecule has 0 spiro atoms. The molecule has 0 bridgehead atoms. The number of ether oxygens (including phenoxy) is 1. The van der Waals surface area contributed by atoms with Gasteiger partial charge in [-0.3, -0.25) is 4.79 Å². The van der Waals surface area contributed by atoms with E-state index in [1.54, 1.807) is 0 Å². The lowest BCUT2D eigenvalue weighted by Gasteiger charge is -2.19. The van der Waals surface area contributed by atoms with Crippen molar-refractivity contribution in [3.8, 4) is 0 Å². The molecular weight excluding hydrogens is 348 g/mol. The number of thioether (sulfide) groups is 1.